The molecule has 0 aromatic heterocycles. The van der Waals surface area contributed by atoms with Crippen molar-refractivity contribution in [1.82, 2.24) is 0 Å². The molecule has 3 rings (SSSR count). The van der Waals surface area contributed by atoms with Crippen LogP contribution in [0.3, 0.4) is 0 Å². The summed E-state index contributed by atoms with van der Waals surface area (Å²) in [6, 6.07) is 0. The maximum atomic E-state index is 4.97. The van der Waals surface area contributed by atoms with Crippen LogP contribution in [0.1, 0.15) is 25.7 Å². The summed E-state index contributed by atoms with van der Waals surface area (Å²) in [5.41, 5.74) is 0. The molecule has 2 fully saturated rings. The molecule has 5 radical (unpaired) electrons. The van der Waals surface area contributed by atoms with Crippen molar-refractivity contribution in [3.8, 4) is 0 Å². The summed E-state index contributed by atoms with van der Waals surface area (Å²) in [4.78, 5) is 0. The Hall–Kier alpha value is 1.06. The molecule has 0 unspecified atom stereocenters. The van der Waals surface area contributed by atoms with Crippen molar-refractivity contribution in [3.05, 3.63) is 54.4 Å². The van der Waals surface area contributed by atoms with Crippen LogP contribution in [0.15, 0.2) is 24.3 Å². The molecule has 0 aromatic carbocycles. The van der Waals surface area contributed by atoms with Gasteiger partial charge in [-0.05, 0) is 31.1 Å². The van der Waals surface area contributed by atoms with E-state index in [-0.39, 0.29) is 0 Å². The van der Waals surface area contributed by atoms with Crippen LogP contribution in [0.25, 0.3) is 0 Å². The molecule has 0 saturated heterocycles. The Kier molecular flexibility index (Phi) is 5.97. The van der Waals surface area contributed by atoms with Gasteiger partial charge in [-0.2, -0.15) is 0 Å². The van der Waals surface area contributed by atoms with E-state index in [0.717, 1.165) is 0 Å². The van der Waals surface area contributed by atoms with Gasteiger partial charge in [0.25, 0.3) is 0 Å². The Labute approximate surface area is 122 Å². The predicted octanol–water partition coefficient (Wildman–Crippen LogP) is 5.27. The molecular formula is C13H13Cl3Ti+. The molecule has 0 nitrogen and oxygen atoms in total. The van der Waals surface area contributed by atoms with Crippen molar-refractivity contribution in [1.29, 1.82) is 0 Å². The number of hydrogen-bond acceptors (Lipinski definition) is 0. The SMILES string of the molecule is [CH]1[C]2C=CC=C[C]2[C]2CCCC[C]12.[Cl][Ti+]([Cl])[Cl]. The first kappa shape index (κ1) is 14.5. The number of allylic oxidation sites excluding steroid dienone is 4. The van der Waals surface area contributed by atoms with E-state index in [1.54, 1.807) is 11.8 Å². The van der Waals surface area contributed by atoms with E-state index in [1.165, 1.54) is 37.5 Å². The van der Waals surface area contributed by atoms with Crippen LogP contribution in [0.4, 0.5) is 0 Å². The maximum absolute atomic E-state index is 4.97. The van der Waals surface area contributed by atoms with Gasteiger partial charge in [0.15, 0.2) is 0 Å². The van der Waals surface area contributed by atoms with Gasteiger partial charge in [0.2, 0.25) is 0 Å². The molecule has 3 aliphatic carbocycles. The van der Waals surface area contributed by atoms with Gasteiger partial charge in [0, 0.05) is 11.8 Å². The molecule has 4 heteroatoms. The first-order valence-electron chi connectivity index (χ1n) is 5.68. The number of fused-ring (bicyclic) bond motifs is 3. The van der Waals surface area contributed by atoms with Crippen LogP contribution in [0.5, 0.6) is 0 Å². The fourth-order valence-corrected chi connectivity index (χ4v) is 2.48. The number of hydrogen-bond donors (Lipinski definition) is 0. The molecule has 17 heavy (non-hydrogen) atoms. The molecule has 0 aromatic rings. The van der Waals surface area contributed by atoms with Crippen molar-refractivity contribution < 1.29 is 14.7 Å². The molecule has 0 heterocycles. The van der Waals surface area contributed by atoms with E-state index in [0.29, 0.717) is 0 Å². The van der Waals surface area contributed by atoms with Gasteiger partial charge >= 0.3 is 42.6 Å². The molecule has 0 amide bonds. The van der Waals surface area contributed by atoms with Crippen LogP contribution in [0, 0.1) is 30.1 Å². The Bertz CT molecular complexity index is 298. The van der Waals surface area contributed by atoms with Crippen molar-refractivity contribution in [2.24, 2.45) is 0 Å². The van der Waals surface area contributed by atoms with E-state index in [4.69, 9.17) is 27.9 Å². The predicted molar refractivity (Wildman–Crippen MR) is 71.6 cm³/mol. The minimum atomic E-state index is -1.92. The van der Waals surface area contributed by atoms with E-state index in [2.05, 4.69) is 30.7 Å². The number of halogens is 3. The zero-order valence-electron chi connectivity index (χ0n) is 9.35. The quantitative estimate of drug-likeness (QED) is 0.533. The number of rotatable bonds is 0. The Balaban J connectivity index is 0.000000239. The summed E-state index contributed by atoms with van der Waals surface area (Å²) < 4.78 is 0. The zero-order valence-corrected chi connectivity index (χ0v) is 13.2. The minimum absolute atomic E-state index is 1.29. The summed E-state index contributed by atoms with van der Waals surface area (Å²) in [5, 5.41) is 0. The van der Waals surface area contributed by atoms with Crippen molar-refractivity contribution >= 4 is 27.9 Å². The Morgan fingerprint density at radius 3 is 2.35 bits per heavy atom. The van der Waals surface area contributed by atoms with Crippen LogP contribution < -0.4 is 0 Å². The topological polar surface area (TPSA) is 0 Å². The second-order valence-corrected chi connectivity index (χ2v) is 11.9. The van der Waals surface area contributed by atoms with Gasteiger partial charge in [-0.25, -0.2) is 0 Å². The molecule has 0 aliphatic heterocycles. The summed E-state index contributed by atoms with van der Waals surface area (Å²) in [5.74, 6) is 6.17. The van der Waals surface area contributed by atoms with Crippen LogP contribution in [-0.2, 0) is 14.7 Å². The van der Waals surface area contributed by atoms with Gasteiger partial charge in [-0.1, -0.05) is 37.1 Å². The fraction of sp³-hybridized carbons (Fsp3) is 0.308. The zero-order chi connectivity index (χ0) is 12.3. The van der Waals surface area contributed by atoms with Crippen LogP contribution >= 0.6 is 27.9 Å². The van der Waals surface area contributed by atoms with Crippen LogP contribution in [0.2, 0.25) is 0 Å². The summed E-state index contributed by atoms with van der Waals surface area (Å²) in [6.07, 6.45) is 16.5. The fourth-order valence-electron chi connectivity index (χ4n) is 2.48. The van der Waals surface area contributed by atoms with Gasteiger partial charge in [-0.15, -0.1) is 0 Å². The molecular weight excluding hydrogens is 310 g/mol. The van der Waals surface area contributed by atoms with Gasteiger partial charge in [-0.3, -0.25) is 0 Å². The van der Waals surface area contributed by atoms with Crippen LogP contribution in [-0.4, -0.2) is 0 Å². The van der Waals surface area contributed by atoms with Gasteiger partial charge in [0.1, 0.15) is 0 Å². The van der Waals surface area contributed by atoms with E-state index in [1.807, 2.05) is 0 Å². The van der Waals surface area contributed by atoms with Crippen molar-refractivity contribution in [2.75, 3.05) is 0 Å². The second kappa shape index (κ2) is 7.01. The third-order valence-electron chi connectivity index (χ3n) is 3.13. The first-order valence-corrected chi connectivity index (χ1v) is 12.1. The normalized spacial score (nSPS) is 25.1. The van der Waals surface area contributed by atoms with Crippen molar-refractivity contribution in [3.63, 3.8) is 0 Å². The van der Waals surface area contributed by atoms with Crippen molar-refractivity contribution in [2.45, 2.75) is 25.7 Å². The standard InChI is InChI=1S/C13H13.3ClH.Ti/c1-3-7-12-10(5-1)9-11-6-2-4-8-13(11)12;;;;/h1,3,5,7,9H,2,4,6,8H2;3*1H;/q;;;;+4/p-3. The Morgan fingerprint density at radius 2 is 1.59 bits per heavy atom. The molecule has 3 aliphatic rings. The summed E-state index contributed by atoms with van der Waals surface area (Å²) >= 11 is -1.92. The van der Waals surface area contributed by atoms with Gasteiger partial charge < -0.3 is 0 Å². The summed E-state index contributed by atoms with van der Waals surface area (Å²) in [6.45, 7) is 0. The van der Waals surface area contributed by atoms with E-state index < -0.39 is 14.7 Å². The van der Waals surface area contributed by atoms with Gasteiger partial charge in [0.05, 0.1) is 0 Å². The molecule has 0 atom stereocenters. The average molecular weight is 323 g/mol. The molecule has 0 N–H and O–H groups in total. The Morgan fingerprint density at radius 1 is 0.941 bits per heavy atom. The molecule has 89 valence electrons. The first-order chi connectivity index (χ1) is 8.18. The third kappa shape index (κ3) is 4.01. The van der Waals surface area contributed by atoms with E-state index in [9.17, 15) is 0 Å². The van der Waals surface area contributed by atoms with E-state index >= 15 is 0 Å². The third-order valence-corrected chi connectivity index (χ3v) is 3.13. The molecule has 2 saturated carbocycles. The average Bonchev–Trinajstić information content (AvgIpc) is 2.66. The summed E-state index contributed by atoms with van der Waals surface area (Å²) in [7, 11) is 14.9. The molecule has 0 spiro atoms. The monoisotopic (exact) mass is 322 g/mol. The second-order valence-electron chi connectivity index (χ2n) is 4.16. The molecule has 0 bridgehead atoms.